The Hall–Kier alpha value is -1.06. The van der Waals surface area contributed by atoms with Gasteiger partial charge in [-0.1, -0.05) is 18.2 Å². The fourth-order valence-corrected chi connectivity index (χ4v) is 2.15. The van der Waals surface area contributed by atoms with Crippen molar-refractivity contribution in [3.05, 3.63) is 29.8 Å². The zero-order valence-corrected chi connectivity index (χ0v) is 11.2. The van der Waals surface area contributed by atoms with Crippen molar-refractivity contribution in [3.8, 4) is 0 Å². The lowest BCUT2D eigenvalue weighted by Crippen LogP contribution is -2.36. The molecular weight excluding hydrogens is 214 g/mol. The zero-order chi connectivity index (χ0) is 12.8. The van der Waals surface area contributed by atoms with Gasteiger partial charge in [0.1, 0.15) is 0 Å². The molecule has 1 aromatic carbocycles. The summed E-state index contributed by atoms with van der Waals surface area (Å²) in [6.45, 7) is 7.63. The summed E-state index contributed by atoms with van der Waals surface area (Å²) in [6, 6.07) is 8.29. The lowest BCUT2D eigenvalue weighted by atomic mass is 10.1. The summed E-state index contributed by atoms with van der Waals surface area (Å²) in [7, 11) is 1.71. The maximum absolute atomic E-state index is 9.80. The van der Waals surface area contributed by atoms with Gasteiger partial charge >= 0.3 is 0 Å². The number of hydrogen-bond donors (Lipinski definition) is 1. The largest absolute Gasteiger partial charge is 0.389 e. The molecule has 1 N–H and O–H groups in total. The fraction of sp³-hybridized carbons (Fsp3) is 0.571. The summed E-state index contributed by atoms with van der Waals surface area (Å²) in [4.78, 5) is 2.26. The minimum atomic E-state index is -0.449. The molecule has 1 aromatic rings. The third kappa shape index (κ3) is 3.45. The summed E-state index contributed by atoms with van der Waals surface area (Å²) in [5, 5.41) is 9.80. The van der Waals surface area contributed by atoms with Gasteiger partial charge in [0.05, 0.1) is 12.7 Å². The first-order valence-electron chi connectivity index (χ1n) is 6.14. The normalized spacial score (nSPS) is 14.4. The molecule has 0 fully saturated rings. The number of para-hydroxylation sites is 1. The number of likely N-dealkylation sites (N-methyl/N-ethyl adjacent to an activating group) is 1. The molecule has 3 nitrogen and oxygen atoms in total. The predicted octanol–water partition coefficient (Wildman–Crippen LogP) is 2.60. The summed E-state index contributed by atoms with van der Waals surface area (Å²) in [6.07, 6.45) is -0.449. The second kappa shape index (κ2) is 6.62. The van der Waals surface area contributed by atoms with Crippen LogP contribution in [0.2, 0.25) is 0 Å². The van der Waals surface area contributed by atoms with Crippen molar-refractivity contribution < 1.29 is 9.84 Å². The number of nitrogens with zero attached hydrogens (tertiary/aromatic N) is 1. The number of aliphatic hydroxyl groups excluding tert-OH is 1. The van der Waals surface area contributed by atoms with Gasteiger partial charge in [0.2, 0.25) is 0 Å². The van der Waals surface area contributed by atoms with Gasteiger partial charge in [-0.3, -0.25) is 0 Å². The van der Waals surface area contributed by atoms with E-state index in [1.807, 2.05) is 18.2 Å². The molecule has 0 aromatic heterocycles. The van der Waals surface area contributed by atoms with Crippen LogP contribution >= 0.6 is 0 Å². The van der Waals surface area contributed by atoms with Crippen LogP contribution in [0.3, 0.4) is 0 Å². The topological polar surface area (TPSA) is 32.7 Å². The number of rotatable bonds is 6. The SMILES string of the molecule is CCN(c1ccccc1[C@@H](C)O)C(C)COC. The van der Waals surface area contributed by atoms with Gasteiger partial charge in [-0.15, -0.1) is 0 Å². The molecule has 17 heavy (non-hydrogen) atoms. The van der Waals surface area contributed by atoms with Crippen LogP contribution in [0.1, 0.15) is 32.4 Å². The first kappa shape index (κ1) is 14.0. The highest BCUT2D eigenvalue weighted by Crippen LogP contribution is 2.27. The Balaban J connectivity index is 3.02. The number of anilines is 1. The summed E-state index contributed by atoms with van der Waals surface area (Å²) >= 11 is 0. The van der Waals surface area contributed by atoms with E-state index in [0.29, 0.717) is 12.6 Å². The molecule has 2 atom stereocenters. The third-order valence-electron chi connectivity index (χ3n) is 2.98. The second-order valence-corrected chi connectivity index (χ2v) is 4.33. The van der Waals surface area contributed by atoms with Crippen LogP contribution in [0.15, 0.2) is 24.3 Å². The third-order valence-corrected chi connectivity index (χ3v) is 2.98. The van der Waals surface area contributed by atoms with E-state index >= 15 is 0 Å². The molecular formula is C14H23NO2. The molecule has 0 saturated carbocycles. The van der Waals surface area contributed by atoms with E-state index in [1.165, 1.54) is 0 Å². The number of ether oxygens (including phenoxy) is 1. The molecule has 0 aliphatic heterocycles. The highest BCUT2D eigenvalue weighted by atomic mass is 16.5. The van der Waals surface area contributed by atoms with Crippen molar-refractivity contribution >= 4 is 5.69 Å². The molecule has 1 unspecified atom stereocenters. The Bertz CT molecular complexity index is 339. The van der Waals surface area contributed by atoms with Crippen LogP contribution in [0, 0.1) is 0 Å². The van der Waals surface area contributed by atoms with E-state index in [2.05, 4.69) is 24.8 Å². The van der Waals surface area contributed by atoms with Crippen LogP contribution in [0.4, 0.5) is 5.69 Å². The fourth-order valence-electron chi connectivity index (χ4n) is 2.15. The molecule has 0 radical (unpaired) electrons. The van der Waals surface area contributed by atoms with Crippen molar-refractivity contribution in [2.75, 3.05) is 25.2 Å². The lowest BCUT2D eigenvalue weighted by Gasteiger charge is -2.32. The second-order valence-electron chi connectivity index (χ2n) is 4.33. The summed E-state index contributed by atoms with van der Waals surface area (Å²) < 4.78 is 5.20. The van der Waals surface area contributed by atoms with E-state index in [1.54, 1.807) is 14.0 Å². The minimum absolute atomic E-state index is 0.296. The Morgan fingerprint density at radius 3 is 2.47 bits per heavy atom. The van der Waals surface area contributed by atoms with Crippen molar-refractivity contribution in [1.29, 1.82) is 0 Å². The van der Waals surface area contributed by atoms with Gasteiger partial charge in [-0.25, -0.2) is 0 Å². The van der Waals surface area contributed by atoms with Gasteiger partial charge in [0.25, 0.3) is 0 Å². The highest BCUT2D eigenvalue weighted by molar-refractivity contribution is 5.55. The van der Waals surface area contributed by atoms with Crippen molar-refractivity contribution in [2.45, 2.75) is 32.9 Å². The smallest absolute Gasteiger partial charge is 0.0781 e. The first-order valence-corrected chi connectivity index (χ1v) is 6.14. The Morgan fingerprint density at radius 2 is 1.94 bits per heavy atom. The highest BCUT2D eigenvalue weighted by Gasteiger charge is 2.17. The molecule has 3 heteroatoms. The number of aliphatic hydroxyl groups is 1. The molecule has 0 bridgehead atoms. The molecule has 0 saturated heterocycles. The first-order chi connectivity index (χ1) is 8.11. The molecule has 96 valence electrons. The van der Waals surface area contributed by atoms with Gasteiger partial charge in [0.15, 0.2) is 0 Å². The van der Waals surface area contributed by atoms with E-state index < -0.39 is 6.10 Å². The number of hydrogen-bond acceptors (Lipinski definition) is 3. The predicted molar refractivity (Wildman–Crippen MR) is 71.4 cm³/mol. The molecule has 0 amide bonds. The molecule has 0 heterocycles. The zero-order valence-electron chi connectivity index (χ0n) is 11.2. The average Bonchev–Trinajstić information content (AvgIpc) is 2.31. The van der Waals surface area contributed by atoms with E-state index in [0.717, 1.165) is 17.8 Å². The van der Waals surface area contributed by atoms with Crippen molar-refractivity contribution in [1.82, 2.24) is 0 Å². The quantitative estimate of drug-likeness (QED) is 0.825. The van der Waals surface area contributed by atoms with Crippen LogP contribution in [-0.2, 0) is 4.74 Å². The molecule has 0 aliphatic rings. The van der Waals surface area contributed by atoms with Crippen LogP contribution in [0.25, 0.3) is 0 Å². The number of benzene rings is 1. The molecule has 0 aliphatic carbocycles. The van der Waals surface area contributed by atoms with Crippen LogP contribution in [-0.4, -0.2) is 31.4 Å². The monoisotopic (exact) mass is 237 g/mol. The lowest BCUT2D eigenvalue weighted by molar-refractivity contribution is 0.180. The standard InChI is InChI=1S/C14H23NO2/c1-5-15(11(2)10-17-4)14-9-7-6-8-13(14)12(3)16/h6-9,11-12,16H,5,10H2,1-4H3/t11?,12-/m1/s1. The van der Waals surface area contributed by atoms with Crippen molar-refractivity contribution in [3.63, 3.8) is 0 Å². The van der Waals surface area contributed by atoms with Crippen LogP contribution in [0.5, 0.6) is 0 Å². The Labute approximate surface area is 104 Å². The maximum Gasteiger partial charge on any atom is 0.0781 e. The van der Waals surface area contributed by atoms with E-state index in [9.17, 15) is 5.11 Å². The van der Waals surface area contributed by atoms with Gasteiger partial charge < -0.3 is 14.7 Å². The number of methoxy groups -OCH3 is 1. The van der Waals surface area contributed by atoms with Gasteiger partial charge in [0, 0.05) is 30.9 Å². The Kier molecular flexibility index (Phi) is 5.45. The van der Waals surface area contributed by atoms with Gasteiger partial charge in [-0.05, 0) is 26.8 Å². The van der Waals surface area contributed by atoms with E-state index in [-0.39, 0.29) is 0 Å². The van der Waals surface area contributed by atoms with Gasteiger partial charge in [-0.2, -0.15) is 0 Å². The summed E-state index contributed by atoms with van der Waals surface area (Å²) in [5.41, 5.74) is 2.06. The summed E-state index contributed by atoms with van der Waals surface area (Å²) in [5.74, 6) is 0. The van der Waals surface area contributed by atoms with Crippen LogP contribution < -0.4 is 4.90 Å². The minimum Gasteiger partial charge on any atom is -0.389 e. The maximum atomic E-state index is 9.80. The molecule has 1 rings (SSSR count). The Morgan fingerprint density at radius 1 is 1.29 bits per heavy atom. The van der Waals surface area contributed by atoms with Crippen molar-refractivity contribution in [2.24, 2.45) is 0 Å². The van der Waals surface area contributed by atoms with E-state index in [4.69, 9.17) is 4.74 Å². The molecule has 0 spiro atoms. The average molecular weight is 237 g/mol.